The molecule has 1 aromatic carbocycles. The van der Waals surface area contributed by atoms with Crippen LogP contribution in [0.1, 0.15) is 37.6 Å². The van der Waals surface area contributed by atoms with Crippen molar-refractivity contribution in [2.24, 2.45) is 0 Å². The summed E-state index contributed by atoms with van der Waals surface area (Å²) in [6.07, 6.45) is 1.18. The third-order valence-corrected chi connectivity index (χ3v) is 4.27. The summed E-state index contributed by atoms with van der Waals surface area (Å²) in [7, 11) is 0. The van der Waals surface area contributed by atoms with Crippen LogP contribution in [0.3, 0.4) is 0 Å². The van der Waals surface area contributed by atoms with Crippen LogP contribution in [0, 0.1) is 0 Å². The Bertz CT molecular complexity index is 483. The molecule has 1 heterocycles. The van der Waals surface area contributed by atoms with Crippen LogP contribution in [0.2, 0.25) is 0 Å². The summed E-state index contributed by atoms with van der Waals surface area (Å²) in [6, 6.07) is 6.41. The molecule has 1 aliphatic rings. The second-order valence-corrected chi connectivity index (χ2v) is 5.44. The Labute approximate surface area is 121 Å². The molecule has 0 saturated carbocycles. The van der Waals surface area contributed by atoms with E-state index in [9.17, 15) is 4.79 Å². The van der Waals surface area contributed by atoms with Gasteiger partial charge in [-0.2, -0.15) is 0 Å². The number of Topliss-reactive ketones (excluding diaryl/α,β-unsaturated/α-hetero) is 1. The quantitative estimate of drug-likeness (QED) is 0.662. The van der Waals surface area contributed by atoms with Crippen molar-refractivity contribution in [3.05, 3.63) is 23.8 Å². The van der Waals surface area contributed by atoms with Gasteiger partial charge in [0.15, 0.2) is 5.78 Å². The van der Waals surface area contributed by atoms with E-state index in [0.717, 1.165) is 31.9 Å². The Morgan fingerprint density at radius 2 is 2.10 bits per heavy atom. The van der Waals surface area contributed by atoms with Crippen molar-refractivity contribution in [3.63, 3.8) is 0 Å². The lowest BCUT2D eigenvalue weighted by Gasteiger charge is -2.26. The number of likely N-dealkylation sites (N-methyl/N-ethyl adjacent to an activating group) is 1. The number of hydrogen-bond acceptors (Lipinski definition) is 4. The van der Waals surface area contributed by atoms with Crippen molar-refractivity contribution in [3.8, 4) is 0 Å². The fraction of sp³-hybridized carbons (Fsp3) is 0.562. The first-order valence-electron chi connectivity index (χ1n) is 7.46. The van der Waals surface area contributed by atoms with Gasteiger partial charge in [-0.15, -0.1) is 0 Å². The molecule has 0 amide bonds. The standard InChI is InChI=1S/C16H25N3O/c1-4-18(5-2)14-8-9-19(11-14)13-6-7-16(17)15(10-13)12(3)20/h6-7,10,14H,4-5,8-9,11,17H2,1-3H3. The van der Waals surface area contributed by atoms with Crippen molar-refractivity contribution in [2.75, 3.05) is 36.8 Å². The molecule has 1 aromatic rings. The van der Waals surface area contributed by atoms with Gasteiger partial charge in [-0.3, -0.25) is 9.69 Å². The molecule has 1 fully saturated rings. The van der Waals surface area contributed by atoms with Crippen LogP contribution in [0.4, 0.5) is 11.4 Å². The fourth-order valence-corrected chi connectivity index (χ4v) is 3.06. The zero-order chi connectivity index (χ0) is 14.7. The topological polar surface area (TPSA) is 49.6 Å². The molecule has 4 nitrogen and oxygen atoms in total. The SMILES string of the molecule is CCN(CC)C1CCN(c2ccc(N)c(C(C)=O)c2)C1. The predicted molar refractivity (Wildman–Crippen MR) is 84.4 cm³/mol. The number of ketones is 1. The maximum atomic E-state index is 11.6. The summed E-state index contributed by atoms with van der Waals surface area (Å²) >= 11 is 0. The first kappa shape index (κ1) is 14.9. The molecule has 4 heteroatoms. The van der Waals surface area contributed by atoms with E-state index < -0.39 is 0 Å². The summed E-state index contributed by atoms with van der Waals surface area (Å²) in [5, 5.41) is 0. The van der Waals surface area contributed by atoms with E-state index in [1.54, 1.807) is 6.92 Å². The summed E-state index contributed by atoms with van der Waals surface area (Å²) in [4.78, 5) is 16.5. The molecular formula is C16H25N3O. The van der Waals surface area contributed by atoms with Crippen molar-refractivity contribution < 1.29 is 4.79 Å². The van der Waals surface area contributed by atoms with Gasteiger partial charge in [0.25, 0.3) is 0 Å². The van der Waals surface area contributed by atoms with E-state index in [1.807, 2.05) is 18.2 Å². The van der Waals surface area contributed by atoms with E-state index in [0.29, 0.717) is 17.3 Å². The van der Waals surface area contributed by atoms with Crippen LogP contribution in [-0.4, -0.2) is 42.9 Å². The second kappa shape index (κ2) is 6.27. The molecule has 20 heavy (non-hydrogen) atoms. The van der Waals surface area contributed by atoms with Gasteiger partial charge in [0, 0.05) is 36.1 Å². The largest absolute Gasteiger partial charge is 0.398 e. The van der Waals surface area contributed by atoms with Crippen molar-refractivity contribution in [1.82, 2.24) is 4.90 Å². The number of rotatable bonds is 5. The number of carbonyl (C=O) groups is 1. The van der Waals surface area contributed by atoms with Gasteiger partial charge in [0.05, 0.1) is 0 Å². The first-order chi connectivity index (χ1) is 9.56. The minimum Gasteiger partial charge on any atom is -0.398 e. The minimum atomic E-state index is 0.0313. The van der Waals surface area contributed by atoms with Gasteiger partial charge >= 0.3 is 0 Å². The number of benzene rings is 1. The van der Waals surface area contributed by atoms with Crippen LogP contribution in [0.25, 0.3) is 0 Å². The van der Waals surface area contributed by atoms with Gasteiger partial charge in [0.2, 0.25) is 0 Å². The molecule has 1 atom stereocenters. The first-order valence-corrected chi connectivity index (χ1v) is 7.46. The lowest BCUT2D eigenvalue weighted by atomic mass is 10.1. The van der Waals surface area contributed by atoms with Crippen LogP contribution < -0.4 is 10.6 Å². The summed E-state index contributed by atoms with van der Waals surface area (Å²) in [5.41, 5.74) is 8.17. The Hall–Kier alpha value is -1.55. The van der Waals surface area contributed by atoms with Crippen molar-refractivity contribution >= 4 is 17.2 Å². The van der Waals surface area contributed by atoms with Crippen LogP contribution in [0.15, 0.2) is 18.2 Å². The third kappa shape index (κ3) is 2.96. The molecule has 1 aliphatic heterocycles. The second-order valence-electron chi connectivity index (χ2n) is 5.44. The lowest BCUT2D eigenvalue weighted by molar-refractivity contribution is 0.101. The van der Waals surface area contributed by atoms with Gasteiger partial charge in [-0.05, 0) is 44.6 Å². The lowest BCUT2D eigenvalue weighted by Crippen LogP contribution is -2.37. The zero-order valence-corrected chi connectivity index (χ0v) is 12.7. The minimum absolute atomic E-state index is 0.0313. The summed E-state index contributed by atoms with van der Waals surface area (Å²) in [5.74, 6) is 0.0313. The number of anilines is 2. The van der Waals surface area contributed by atoms with Crippen LogP contribution in [-0.2, 0) is 0 Å². The van der Waals surface area contributed by atoms with Crippen LogP contribution in [0.5, 0.6) is 0 Å². The average Bonchev–Trinajstić information content (AvgIpc) is 2.90. The van der Waals surface area contributed by atoms with Gasteiger partial charge in [-0.1, -0.05) is 13.8 Å². The molecule has 2 rings (SSSR count). The molecule has 0 radical (unpaired) electrons. The maximum absolute atomic E-state index is 11.6. The van der Waals surface area contributed by atoms with Gasteiger partial charge in [-0.25, -0.2) is 0 Å². The Morgan fingerprint density at radius 3 is 2.70 bits per heavy atom. The zero-order valence-electron chi connectivity index (χ0n) is 12.7. The highest BCUT2D eigenvalue weighted by Gasteiger charge is 2.26. The molecule has 0 aromatic heterocycles. The number of hydrogen-bond donors (Lipinski definition) is 1. The van der Waals surface area contributed by atoms with Gasteiger partial charge < -0.3 is 10.6 Å². The van der Waals surface area contributed by atoms with Crippen molar-refractivity contribution in [2.45, 2.75) is 33.2 Å². The molecule has 0 aliphatic carbocycles. The Balaban J connectivity index is 2.14. The molecular weight excluding hydrogens is 250 g/mol. The Kier molecular flexibility index (Phi) is 4.65. The number of carbonyl (C=O) groups excluding carboxylic acids is 1. The highest BCUT2D eigenvalue weighted by molar-refractivity contribution is 6.00. The van der Waals surface area contributed by atoms with Crippen LogP contribution >= 0.6 is 0 Å². The molecule has 2 N–H and O–H groups in total. The monoisotopic (exact) mass is 275 g/mol. The highest BCUT2D eigenvalue weighted by Crippen LogP contribution is 2.26. The molecule has 110 valence electrons. The smallest absolute Gasteiger partial charge is 0.161 e. The number of nitrogens with two attached hydrogens (primary N) is 1. The van der Waals surface area contributed by atoms with E-state index in [4.69, 9.17) is 5.73 Å². The van der Waals surface area contributed by atoms with E-state index in [1.165, 1.54) is 6.42 Å². The van der Waals surface area contributed by atoms with Gasteiger partial charge in [0.1, 0.15) is 0 Å². The molecule has 1 unspecified atom stereocenters. The average molecular weight is 275 g/mol. The third-order valence-electron chi connectivity index (χ3n) is 4.27. The fourth-order valence-electron chi connectivity index (χ4n) is 3.06. The predicted octanol–water partition coefficient (Wildman–Crippen LogP) is 2.39. The Morgan fingerprint density at radius 1 is 1.40 bits per heavy atom. The number of nitrogens with zero attached hydrogens (tertiary/aromatic N) is 2. The molecule has 0 bridgehead atoms. The van der Waals surface area contributed by atoms with E-state index in [-0.39, 0.29) is 5.78 Å². The normalized spacial score (nSPS) is 18.8. The van der Waals surface area contributed by atoms with E-state index >= 15 is 0 Å². The highest BCUT2D eigenvalue weighted by atomic mass is 16.1. The summed E-state index contributed by atoms with van der Waals surface area (Å²) < 4.78 is 0. The molecule has 1 saturated heterocycles. The van der Waals surface area contributed by atoms with Crippen molar-refractivity contribution in [1.29, 1.82) is 0 Å². The summed E-state index contributed by atoms with van der Waals surface area (Å²) in [6.45, 7) is 10.3. The van der Waals surface area contributed by atoms with E-state index in [2.05, 4.69) is 23.6 Å². The molecule has 0 spiro atoms. The number of nitrogen functional groups attached to an aromatic ring is 1. The maximum Gasteiger partial charge on any atom is 0.161 e.